The van der Waals surface area contributed by atoms with E-state index in [1.165, 1.54) is 12.8 Å². The van der Waals surface area contributed by atoms with E-state index in [2.05, 4.69) is 17.6 Å². The van der Waals surface area contributed by atoms with Crippen molar-refractivity contribution in [2.45, 2.75) is 58.2 Å². The monoisotopic (exact) mass is 272 g/mol. The van der Waals surface area contributed by atoms with Crippen LogP contribution < -0.4 is 10.6 Å². The van der Waals surface area contributed by atoms with Crippen molar-refractivity contribution in [3.05, 3.63) is 0 Å². The normalized spacial score (nSPS) is 27.2. The van der Waals surface area contributed by atoms with Crippen LogP contribution in [0, 0.1) is 11.8 Å². The fourth-order valence-corrected chi connectivity index (χ4v) is 2.76. The summed E-state index contributed by atoms with van der Waals surface area (Å²) in [7, 11) is 0. The van der Waals surface area contributed by atoms with Gasteiger partial charge in [-0.05, 0) is 31.1 Å². The van der Waals surface area contributed by atoms with Gasteiger partial charge in [-0.2, -0.15) is 0 Å². The van der Waals surface area contributed by atoms with E-state index in [0.29, 0.717) is 11.8 Å². The van der Waals surface area contributed by atoms with E-state index in [1.54, 1.807) is 0 Å². The van der Waals surface area contributed by atoms with Crippen LogP contribution >= 0.6 is 0 Å². The molecule has 0 bridgehead atoms. The van der Waals surface area contributed by atoms with Crippen LogP contribution in [0.3, 0.4) is 0 Å². The van der Waals surface area contributed by atoms with Crippen molar-refractivity contribution in [3.8, 4) is 0 Å². The van der Waals surface area contributed by atoms with Gasteiger partial charge < -0.3 is 20.8 Å². The number of hydrogen-bond acceptors (Lipinski definition) is 4. The first-order valence-electron chi connectivity index (χ1n) is 7.92. The molecule has 1 aliphatic rings. The molecular formula is C15H32N2O2. The molecule has 4 unspecified atom stereocenters. The molecule has 4 atom stereocenters. The van der Waals surface area contributed by atoms with Gasteiger partial charge in [0.15, 0.2) is 0 Å². The van der Waals surface area contributed by atoms with Crippen LogP contribution in [0.2, 0.25) is 0 Å². The minimum Gasteiger partial charge on any atom is -0.393 e. The van der Waals surface area contributed by atoms with Gasteiger partial charge in [0.05, 0.1) is 12.2 Å². The minimum atomic E-state index is -0.196. The highest BCUT2D eigenvalue weighted by Crippen LogP contribution is 2.23. The highest BCUT2D eigenvalue weighted by Gasteiger charge is 2.22. The third-order valence-corrected chi connectivity index (χ3v) is 4.30. The second kappa shape index (κ2) is 9.70. The summed E-state index contributed by atoms with van der Waals surface area (Å²) >= 11 is 0. The van der Waals surface area contributed by atoms with Crippen LogP contribution in [0.25, 0.3) is 0 Å². The number of rotatable bonds is 9. The third kappa shape index (κ3) is 6.70. The van der Waals surface area contributed by atoms with E-state index in [-0.39, 0.29) is 12.2 Å². The van der Waals surface area contributed by atoms with Crippen LogP contribution in [-0.4, -0.2) is 48.6 Å². The number of aliphatic hydroxyl groups is 2. The van der Waals surface area contributed by atoms with Crippen LogP contribution in [-0.2, 0) is 0 Å². The maximum atomic E-state index is 9.85. The first kappa shape index (κ1) is 16.9. The van der Waals surface area contributed by atoms with Crippen LogP contribution in [0.15, 0.2) is 0 Å². The molecule has 4 N–H and O–H groups in total. The van der Waals surface area contributed by atoms with Gasteiger partial charge in [-0.1, -0.05) is 26.7 Å². The molecule has 1 rings (SSSR count). The molecule has 1 aliphatic carbocycles. The molecule has 0 aromatic rings. The molecule has 0 aliphatic heterocycles. The number of nitrogens with one attached hydrogen (secondary N) is 2. The van der Waals surface area contributed by atoms with Crippen LogP contribution in [0.1, 0.15) is 46.0 Å². The Balaban J connectivity index is 1.96. The molecule has 114 valence electrons. The molecule has 0 aromatic heterocycles. The zero-order valence-corrected chi connectivity index (χ0v) is 12.6. The van der Waals surface area contributed by atoms with E-state index in [1.807, 2.05) is 6.92 Å². The van der Waals surface area contributed by atoms with Crippen molar-refractivity contribution in [2.24, 2.45) is 11.8 Å². The van der Waals surface area contributed by atoms with Crippen LogP contribution in [0.4, 0.5) is 0 Å². The zero-order chi connectivity index (χ0) is 14.1. The van der Waals surface area contributed by atoms with Gasteiger partial charge in [0.1, 0.15) is 0 Å². The van der Waals surface area contributed by atoms with Gasteiger partial charge in [-0.25, -0.2) is 0 Å². The van der Waals surface area contributed by atoms with Crippen molar-refractivity contribution < 1.29 is 10.2 Å². The molecule has 4 nitrogen and oxygen atoms in total. The lowest BCUT2D eigenvalue weighted by atomic mass is 9.86. The fourth-order valence-electron chi connectivity index (χ4n) is 2.76. The standard InChI is InChI=1S/C15H32N2O2/c1-3-14(18)12(2)10-16-8-9-17-11-13-6-4-5-7-15(13)19/h12-19H,3-11H2,1-2H3. The topological polar surface area (TPSA) is 64.5 Å². The molecule has 0 amide bonds. The number of aliphatic hydroxyl groups excluding tert-OH is 2. The Morgan fingerprint density at radius 3 is 2.53 bits per heavy atom. The first-order valence-corrected chi connectivity index (χ1v) is 7.92. The zero-order valence-electron chi connectivity index (χ0n) is 12.6. The lowest BCUT2D eigenvalue weighted by molar-refractivity contribution is 0.0697. The molecule has 1 saturated carbocycles. The summed E-state index contributed by atoms with van der Waals surface area (Å²) in [5.74, 6) is 0.750. The summed E-state index contributed by atoms with van der Waals surface area (Å²) < 4.78 is 0. The van der Waals surface area contributed by atoms with Gasteiger partial charge in [-0.15, -0.1) is 0 Å². The van der Waals surface area contributed by atoms with Crippen molar-refractivity contribution in [1.29, 1.82) is 0 Å². The molecule has 4 heteroatoms. The summed E-state index contributed by atoms with van der Waals surface area (Å²) in [5.41, 5.74) is 0. The highest BCUT2D eigenvalue weighted by atomic mass is 16.3. The smallest absolute Gasteiger partial charge is 0.0580 e. The van der Waals surface area contributed by atoms with Crippen molar-refractivity contribution in [3.63, 3.8) is 0 Å². The quantitative estimate of drug-likeness (QED) is 0.475. The maximum absolute atomic E-state index is 9.85. The lowest BCUT2D eigenvalue weighted by Gasteiger charge is -2.27. The summed E-state index contributed by atoms with van der Waals surface area (Å²) in [6.07, 6.45) is 5.08. The van der Waals surface area contributed by atoms with Crippen LogP contribution in [0.5, 0.6) is 0 Å². The van der Waals surface area contributed by atoms with Crippen molar-refractivity contribution in [1.82, 2.24) is 10.6 Å². The Labute approximate surface area is 118 Å². The highest BCUT2D eigenvalue weighted by molar-refractivity contribution is 4.76. The van der Waals surface area contributed by atoms with Crippen molar-refractivity contribution in [2.75, 3.05) is 26.2 Å². The largest absolute Gasteiger partial charge is 0.393 e. The van der Waals surface area contributed by atoms with Gasteiger partial charge in [0.25, 0.3) is 0 Å². The Bertz CT molecular complexity index is 226. The average molecular weight is 272 g/mol. The minimum absolute atomic E-state index is 0.103. The molecular weight excluding hydrogens is 240 g/mol. The van der Waals surface area contributed by atoms with Gasteiger partial charge in [-0.3, -0.25) is 0 Å². The molecule has 1 fully saturated rings. The predicted octanol–water partition coefficient (Wildman–Crippen LogP) is 1.12. The molecule has 0 heterocycles. The summed E-state index contributed by atoms with van der Waals surface area (Å²) in [4.78, 5) is 0. The second-order valence-corrected chi connectivity index (χ2v) is 5.97. The summed E-state index contributed by atoms with van der Waals surface area (Å²) in [6.45, 7) is 7.73. The number of hydrogen-bond donors (Lipinski definition) is 4. The van der Waals surface area contributed by atoms with E-state index in [4.69, 9.17) is 0 Å². The Morgan fingerprint density at radius 1 is 1.16 bits per heavy atom. The fraction of sp³-hybridized carbons (Fsp3) is 1.00. The lowest BCUT2D eigenvalue weighted by Crippen LogP contribution is -2.38. The average Bonchev–Trinajstić information content (AvgIpc) is 2.43. The van der Waals surface area contributed by atoms with E-state index >= 15 is 0 Å². The molecule has 0 radical (unpaired) electrons. The predicted molar refractivity (Wildman–Crippen MR) is 79.2 cm³/mol. The Hall–Kier alpha value is -0.160. The van der Waals surface area contributed by atoms with Gasteiger partial charge >= 0.3 is 0 Å². The summed E-state index contributed by atoms with van der Waals surface area (Å²) in [5, 5.41) is 26.3. The third-order valence-electron chi connectivity index (χ3n) is 4.30. The summed E-state index contributed by atoms with van der Waals surface area (Å²) in [6, 6.07) is 0. The Kier molecular flexibility index (Phi) is 8.62. The van der Waals surface area contributed by atoms with E-state index in [0.717, 1.165) is 45.4 Å². The molecule has 0 spiro atoms. The SMILES string of the molecule is CCC(O)C(C)CNCCNCC1CCCCC1O. The van der Waals surface area contributed by atoms with E-state index in [9.17, 15) is 10.2 Å². The van der Waals surface area contributed by atoms with E-state index < -0.39 is 0 Å². The molecule has 0 aromatic carbocycles. The maximum Gasteiger partial charge on any atom is 0.0580 e. The molecule has 0 saturated heterocycles. The first-order chi connectivity index (χ1) is 9.15. The van der Waals surface area contributed by atoms with Gasteiger partial charge in [0, 0.05) is 26.2 Å². The second-order valence-electron chi connectivity index (χ2n) is 5.97. The molecule has 19 heavy (non-hydrogen) atoms. The van der Waals surface area contributed by atoms with Crippen molar-refractivity contribution >= 4 is 0 Å². The Morgan fingerprint density at radius 2 is 1.84 bits per heavy atom. The van der Waals surface area contributed by atoms with Gasteiger partial charge in [0.2, 0.25) is 0 Å².